The second-order valence-corrected chi connectivity index (χ2v) is 4.97. The fourth-order valence-electron chi connectivity index (χ4n) is 2.34. The molecule has 1 unspecified atom stereocenters. The Labute approximate surface area is 120 Å². The molecule has 0 fully saturated rings. The third kappa shape index (κ3) is 3.70. The van der Waals surface area contributed by atoms with Gasteiger partial charge in [0.2, 0.25) is 5.89 Å². The molecule has 2 heterocycles. The van der Waals surface area contributed by atoms with Gasteiger partial charge in [-0.15, -0.1) is 0 Å². The van der Waals surface area contributed by atoms with Gasteiger partial charge in [0.05, 0.1) is 0 Å². The third-order valence-electron chi connectivity index (χ3n) is 3.35. The Bertz CT molecular complexity index is 511. The SMILES string of the molecule is CCCC(NCC)c1ccn(Cc2nc(CC)no2)c1. The van der Waals surface area contributed by atoms with Gasteiger partial charge < -0.3 is 14.4 Å². The average molecular weight is 276 g/mol. The van der Waals surface area contributed by atoms with Crippen LogP contribution < -0.4 is 5.32 Å². The molecule has 5 heteroatoms. The Morgan fingerprint density at radius 2 is 2.20 bits per heavy atom. The molecule has 0 aliphatic rings. The number of aromatic nitrogens is 3. The zero-order valence-electron chi connectivity index (χ0n) is 12.6. The van der Waals surface area contributed by atoms with Crippen molar-refractivity contribution >= 4 is 0 Å². The van der Waals surface area contributed by atoms with Gasteiger partial charge in [0.1, 0.15) is 6.54 Å². The maximum Gasteiger partial charge on any atom is 0.246 e. The molecule has 20 heavy (non-hydrogen) atoms. The lowest BCUT2D eigenvalue weighted by Gasteiger charge is -2.15. The first-order chi connectivity index (χ1) is 9.76. The monoisotopic (exact) mass is 276 g/mol. The van der Waals surface area contributed by atoms with Crippen molar-refractivity contribution in [2.24, 2.45) is 0 Å². The van der Waals surface area contributed by atoms with Gasteiger partial charge in [-0.25, -0.2) is 0 Å². The van der Waals surface area contributed by atoms with Crippen molar-refractivity contribution in [2.75, 3.05) is 6.54 Å². The lowest BCUT2D eigenvalue weighted by atomic mass is 10.1. The maximum atomic E-state index is 5.23. The van der Waals surface area contributed by atoms with Crippen molar-refractivity contribution < 1.29 is 4.52 Å². The molecule has 0 aromatic carbocycles. The minimum absolute atomic E-state index is 0.431. The van der Waals surface area contributed by atoms with E-state index in [1.54, 1.807) is 0 Å². The summed E-state index contributed by atoms with van der Waals surface area (Å²) in [4.78, 5) is 4.34. The van der Waals surface area contributed by atoms with Crippen LogP contribution in [0.1, 0.15) is 56.9 Å². The van der Waals surface area contributed by atoms with E-state index in [1.165, 1.54) is 12.0 Å². The van der Waals surface area contributed by atoms with Crippen LogP contribution in [-0.4, -0.2) is 21.3 Å². The number of rotatable bonds is 8. The quantitative estimate of drug-likeness (QED) is 0.805. The molecule has 0 aliphatic heterocycles. The number of nitrogens with one attached hydrogen (secondary N) is 1. The molecule has 0 radical (unpaired) electrons. The highest BCUT2D eigenvalue weighted by Crippen LogP contribution is 2.19. The minimum atomic E-state index is 0.431. The first-order valence-electron chi connectivity index (χ1n) is 7.47. The molecule has 0 saturated heterocycles. The van der Waals surface area contributed by atoms with Crippen LogP contribution in [-0.2, 0) is 13.0 Å². The summed E-state index contributed by atoms with van der Waals surface area (Å²) in [6, 6.07) is 2.60. The standard InChI is InChI=1S/C15H24N4O/c1-4-7-13(16-6-3)12-8-9-19(10-12)11-15-17-14(5-2)18-20-15/h8-10,13,16H,4-7,11H2,1-3H3. The highest BCUT2D eigenvalue weighted by molar-refractivity contribution is 5.16. The zero-order chi connectivity index (χ0) is 14.4. The molecule has 1 N–H and O–H groups in total. The van der Waals surface area contributed by atoms with Gasteiger partial charge in [-0.2, -0.15) is 4.98 Å². The summed E-state index contributed by atoms with van der Waals surface area (Å²) in [6.45, 7) is 8.00. The predicted molar refractivity (Wildman–Crippen MR) is 78.5 cm³/mol. The highest BCUT2D eigenvalue weighted by Gasteiger charge is 2.11. The lowest BCUT2D eigenvalue weighted by molar-refractivity contribution is 0.366. The van der Waals surface area contributed by atoms with E-state index in [2.05, 4.69) is 52.3 Å². The molecule has 110 valence electrons. The summed E-state index contributed by atoms with van der Waals surface area (Å²) in [7, 11) is 0. The molecule has 0 saturated carbocycles. The summed E-state index contributed by atoms with van der Waals surface area (Å²) >= 11 is 0. The van der Waals surface area contributed by atoms with E-state index >= 15 is 0 Å². The van der Waals surface area contributed by atoms with Crippen LogP contribution in [0.15, 0.2) is 23.0 Å². The molecule has 0 bridgehead atoms. The number of aryl methyl sites for hydroxylation is 1. The van der Waals surface area contributed by atoms with E-state index in [1.807, 2.05) is 6.92 Å². The molecule has 0 spiro atoms. The molecule has 5 nitrogen and oxygen atoms in total. The van der Waals surface area contributed by atoms with Gasteiger partial charge in [-0.05, 0) is 24.6 Å². The Kier molecular flexibility index (Phi) is 5.35. The van der Waals surface area contributed by atoms with Crippen LogP contribution in [0.2, 0.25) is 0 Å². The summed E-state index contributed by atoms with van der Waals surface area (Å²) in [6.07, 6.45) is 7.37. The maximum absolute atomic E-state index is 5.23. The van der Waals surface area contributed by atoms with Crippen molar-refractivity contribution in [1.29, 1.82) is 0 Å². The lowest BCUT2D eigenvalue weighted by Crippen LogP contribution is -2.20. The molecular formula is C15H24N4O. The fraction of sp³-hybridized carbons (Fsp3) is 0.600. The normalized spacial score (nSPS) is 12.8. The van der Waals surface area contributed by atoms with Gasteiger partial charge in [-0.3, -0.25) is 0 Å². The topological polar surface area (TPSA) is 55.9 Å². The van der Waals surface area contributed by atoms with Gasteiger partial charge >= 0.3 is 0 Å². The Morgan fingerprint density at radius 3 is 2.85 bits per heavy atom. The van der Waals surface area contributed by atoms with E-state index in [0.29, 0.717) is 18.5 Å². The second kappa shape index (κ2) is 7.24. The third-order valence-corrected chi connectivity index (χ3v) is 3.35. The predicted octanol–water partition coefficient (Wildman–Crippen LogP) is 2.93. The van der Waals surface area contributed by atoms with Crippen LogP contribution in [0, 0.1) is 0 Å². The molecule has 2 rings (SSSR count). The first kappa shape index (κ1) is 14.8. The van der Waals surface area contributed by atoms with Crippen molar-refractivity contribution in [1.82, 2.24) is 20.0 Å². The molecule has 0 amide bonds. The molecule has 0 aliphatic carbocycles. The van der Waals surface area contributed by atoms with Gasteiger partial charge in [-0.1, -0.05) is 32.3 Å². The Hall–Kier alpha value is -1.62. The number of nitrogens with zero attached hydrogens (tertiary/aromatic N) is 3. The van der Waals surface area contributed by atoms with Crippen molar-refractivity contribution in [3.8, 4) is 0 Å². The zero-order valence-corrected chi connectivity index (χ0v) is 12.6. The van der Waals surface area contributed by atoms with Crippen LogP contribution in [0.25, 0.3) is 0 Å². The average Bonchev–Trinajstić information content (AvgIpc) is 3.08. The smallest absolute Gasteiger partial charge is 0.246 e. The summed E-state index contributed by atoms with van der Waals surface area (Å²) in [5.74, 6) is 1.43. The van der Waals surface area contributed by atoms with Crippen LogP contribution in [0.3, 0.4) is 0 Å². The van der Waals surface area contributed by atoms with Crippen LogP contribution in [0.5, 0.6) is 0 Å². The van der Waals surface area contributed by atoms with Gasteiger partial charge in [0, 0.05) is 24.9 Å². The van der Waals surface area contributed by atoms with E-state index in [4.69, 9.17) is 4.52 Å². The Morgan fingerprint density at radius 1 is 1.35 bits per heavy atom. The number of hydrogen-bond acceptors (Lipinski definition) is 4. The van der Waals surface area contributed by atoms with Crippen molar-refractivity contribution in [2.45, 2.75) is 52.6 Å². The van der Waals surface area contributed by atoms with E-state index in [9.17, 15) is 0 Å². The van der Waals surface area contributed by atoms with E-state index < -0.39 is 0 Å². The summed E-state index contributed by atoms with van der Waals surface area (Å²) < 4.78 is 7.33. The van der Waals surface area contributed by atoms with Crippen molar-refractivity contribution in [3.05, 3.63) is 35.7 Å². The Balaban J connectivity index is 2.03. The molecule has 2 aromatic rings. The summed E-state index contributed by atoms with van der Waals surface area (Å²) in [5.41, 5.74) is 1.32. The van der Waals surface area contributed by atoms with Gasteiger partial charge in [0.25, 0.3) is 0 Å². The van der Waals surface area contributed by atoms with E-state index in [-0.39, 0.29) is 0 Å². The molecule has 2 aromatic heterocycles. The first-order valence-corrected chi connectivity index (χ1v) is 7.47. The summed E-state index contributed by atoms with van der Waals surface area (Å²) in [5, 5.41) is 7.45. The van der Waals surface area contributed by atoms with Crippen molar-refractivity contribution in [3.63, 3.8) is 0 Å². The highest BCUT2D eigenvalue weighted by atomic mass is 16.5. The largest absolute Gasteiger partial charge is 0.345 e. The van der Waals surface area contributed by atoms with Crippen LogP contribution >= 0.6 is 0 Å². The van der Waals surface area contributed by atoms with E-state index in [0.717, 1.165) is 25.2 Å². The number of hydrogen-bond donors (Lipinski definition) is 1. The van der Waals surface area contributed by atoms with Gasteiger partial charge in [0.15, 0.2) is 5.82 Å². The molecular weight excluding hydrogens is 252 g/mol. The van der Waals surface area contributed by atoms with Crippen LogP contribution in [0.4, 0.5) is 0 Å². The minimum Gasteiger partial charge on any atom is -0.345 e. The fourth-order valence-corrected chi connectivity index (χ4v) is 2.34. The second-order valence-electron chi connectivity index (χ2n) is 4.97. The molecule has 1 atom stereocenters.